The number of hydrogen-bond acceptors (Lipinski definition) is 4. The number of methoxy groups -OCH3 is 2. The van der Waals surface area contributed by atoms with Gasteiger partial charge < -0.3 is 9.47 Å². The smallest absolute Gasteiger partial charge is 0.174 e. The first-order valence-electron chi connectivity index (χ1n) is 11.8. The molecule has 1 aliphatic carbocycles. The molecule has 0 bridgehead atoms. The van der Waals surface area contributed by atoms with Crippen molar-refractivity contribution >= 4 is 23.7 Å². The molecule has 0 fully saturated rings. The van der Waals surface area contributed by atoms with Crippen molar-refractivity contribution in [2.45, 2.75) is 12.3 Å². The summed E-state index contributed by atoms with van der Waals surface area (Å²) in [4.78, 5) is 27.2. The number of fused-ring (bicyclic) bond motifs is 2. The van der Waals surface area contributed by atoms with Gasteiger partial charge in [0, 0.05) is 23.1 Å². The predicted octanol–water partition coefficient (Wildman–Crippen LogP) is 6.63. The zero-order chi connectivity index (χ0) is 25.1. The Labute approximate surface area is 210 Å². The van der Waals surface area contributed by atoms with Crippen molar-refractivity contribution in [2.24, 2.45) is 0 Å². The Balaban J connectivity index is 1.71. The van der Waals surface area contributed by atoms with Gasteiger partial charge in [0.05, 0.1) is 20.1 Å². The van der Waals surface area contributed by atoms with E-state index in [-0.39, 0.29) is 18.0 Å². The van der Waals surface area contributed by atoms with E-state index in [0.29, 0.717) is 22.6 Å². The molecule has 4 aromatic rings. The molecule has 4 heteroatoms. The second kappa shape index (κ2) is 10.0. The summed E-state index contributed by atoms with van der Waals surface area (Å²) in [7, 11) is 3.23. The van der Waals surface area contributed by atoms with Crippen molar-refractivity contribution < 1.29 is 19.1 Å². The number of hydrogen-bond donors (Lipinski definition) is 0. The minimum absolute atomic E-state index is 0.0192. The van der Waals surface area contributed by atoms with Crippen LogP contribution >= 0.6 is 0 Å². The Kier molecular flexibility index (Phi) is 6.50. The van der Waals surface area contributed by atoms with Gasteiger partial charge >= 0.3 is 0 Å². The first kappa shape index (κ1) is 23.3. The van der Waals surface area contributed by atoms with Crippen LogP contribution in [-0.2, 0) is 6.42 Å². The first-order chi connectivity index (χ1) is 17.6. The molecule has 4 nitrogen and oxygen atoms in total. The van der Waals surface area contributed by atoms with Crippen LogP contribution in [0.1, 0.15) is 54.5 Å². The van der Waals surface area contributed by atoms with Gasteiger partial charge in [-0.1, -0.05) is 84.9 Å². The summed E-state index contributed by atoms with van der Waals surface area (Å²) in [6.45, 7) is 0. The maximum Gasteiger partial charge on any atom is 0.174 e. The number of Topliss-reactive ketones (excluding diaryl/α,β-unsaturated/α-hetero) is 2. The SMILES string of the molecule is COc1ccc2c(c1)C=Cc1c(CC(=O)c3ccccc3)ccc(OC)c1C2C(=O)c1ccccc1. The lowest BCUT2D eigenvalue weighted by Gasteiger charge is -2.23. The molecule has 0 N–H and O–H groups in total. The number of ether oxygens (including phenoxy) is 2. The molecule has 4 aromatic carbocycles. The lowest BCUT2D eigenvalue weighted by Crippen LogP contribution is -2.18. The number of benzene rings is 4. The zero-order valence-electron chi connectivity index (χ0n) is 20.2. The Morgan fingerprint density at radius 3 is 2.11 bits per heavy atom. The van der Waals surface area contributed by atoms with Crippen molar-refractivity contribution in [1.29, 1.82) is 0 Å². The van der Waals surface area contributed by atoms with Crippen LogP contribution in [0, 0.1) is 0 Å². The van der Waals surface area contributed by atoms with Gasteiger partial charge in [0.15, 0.2) is 11.6 Å². The van der Waals surface area contributed by atoms with Gasteiger partial charge in [-0.15, -0.1) is 0 Å². The van der Waals surface area contributed by atoms with E-state index in [1.807, 2.05) is 103 Å². The molecular weight excluding hydrogens is 448 g/mol. The Morgan fingerprint density at radius 2 is 1.44 bits per heavy atom. The third-order valence-electron chi connectivity index (χ3n) is 6.65. The monoisotopic (exact) mass is 474 g/mol. The van der Waals surface area contributed by atoms with E-state index in [9.17, 15) is 9.59 Å². The fourth-order valence-corrected chi connectivity index (χ4v) is 4.84. The first-order valence-corrected chi connectivity index (χ1v) is 11.8. The van der Waals surface area contributed by atoms with E-state index in [2.05, 4.69) is 0 Å². The molecule has 0 aromatic heterocycles. The normalized spacial score (nSPS) is 13.8. The molecule has 0 saturated heterocycles. The minimum Gasteiger partial charge on any atom is -0.497 e. The maximum absolute atomic E-state index is 14.1. The Hall–Kier alpha value is -4.44. The summed E-state index contributed by atoms with van der Waals surface area (Å²) in [5.74, 6) is 0.702. The summed E-state index contributed by atoms with van der Waals surface area (Å²) in [5.41, 5.74) is 5.48. The van der Waals surface area contributed by atoms with Crippen LogP contribution in [0.2, 0.25) is 0 Å². The molecule has 0 spiro atoms. The van der Waals surface area contributed by atoms with Crippen molar-refractivity contribution in [2.75, 3.05) is 14.2 Å². The predicted molar refractivity (Wildman–Crippen MR) is 142 cm³/mol. The standard InChI is InChI=1S/C32H26O4/c1-35-25-15-17-27-23(19-25)13-16-26-24(20-28(33)21-9-5-3-6-10-21)14-18-29(36-2)30(26)31(27)32(34)22-11-7-4-8-12-22/h3-19,31H,20H2,1-2H3. The van der Waals surface area contributed by atoms with Gasteiger partial charge in [0.1, 0.15) is 11.5 Å². The molecule has 1 unspecified atom stereocenters. The van der Waals surface area contributed by atoms with Crippen molar-refractivity contribution in [3.63, 3.8) is 0 Å². The van der Waals surface area contributed by atoms with E-state index in [1.165, 1.54) is 0 Å². The van der Waals surface area contributed by atoms with Gasteiger partial charge in [0.25, 0.3) is 0 Å². The number of ketones is 2. The molecule has 1 atom stereocenters. The van der Waals surface area contributed by atoms with Crippen LogP contribution in [0.3, 0.4) is 0 Å². The van der Waals surface area contributed by atoms with Crippen LogP contribution in [0.4, 0.5) is 0 Å². The largest absolute Gasteiger partial charge is 0.497 e. The highest BCUT2D eigenvalue weighted by Gasteiger charge is 2.33. The summed E-state index contributed by atoms with van der Waals surface area (Å²) in [5, 5.41) is 0. The van der Waals surface area contributed by atoms with Crippen LogP contribution < -0.4 is 9.47 Å². The van der Waals surface area contributed by atoms with E-state index in [4.69, 9.17) is 9.47 Å². The average molecular weight is 475 g/mol. The third-order valence-corrected chi connectivity index (χ3v) is 6.65. The van der Waals surface area contributed by atoms with Crippen molar-refractivity contribution in [3.8, 4) is 11.5 Å². The van der Waals surface area contributed by atoms with Gasteiger partial charge in [-0.2, -0.15) is 0 Å². The molecule has 0 heterocycles. The molecular formula is C32H26O4. The molecule has 0 aliphatic heterocycles. The van der Waals surface area contributed by atoms with Crippen LogP contribution in [-0.4, -0.2) is 25.8 Å². The van der Waals surface area contributed by atoms with Crippen LogP contribution in [0.5, 0.6) is 11.5 Å². The van der Waals surface area contributed by atoms with Crippen LogP contribution in [0.15, 0.2) is 91.0 Å². The van der Waals surface area contributed by atoms with Gasteiger partial charge in [0.2, 0.25) is 0 Å². The summed E-state index contributed by atoms with van der Waals surface area (Å²) >= 11 is 0. The quantitative estimate of drug-likeness (QED) is 0.282. The fraction of sp³-hybridized carbons (Fsp3) is 0.125. The summed E-state index contributed by atoms with van der Waals surface area (Å²) < 4.78 is 11.3. The Bertz CT molecular complexity index is 1450. The maximum atomic E-state index is 14.1. The van der Waals surface area contributed by atoms with E-state index >= 15 is 0 Å². The average Bonchev–Trinajstić information content (AvgIpc) is 3.11. The highest BCUT2D eigenvalue weighted by molar-refractivity contribution is 6.06. The lowest BCUT2D eigenvalue weighted by molar-refractivity contribution is 0.0971. The van der Waals surface area contributed by atoms with E-state index < -0.39 is 5.92 Å². The van der Waals surface area contributed by atoms with E-state index in [1.54, 1.807) is 14.2 Å². The molecule has 0 radical (unpaired) electrons. The molecule has 36 heavy (non-hydrogen) atoms. The Morgan fingerprint density at radius 1 is 0.750 bits per heavy atom. The number of carbonyl (C=O) groups is 2. The second-order valence-corrected chi connectivity index (χ2v) is 8.71. The number of rotatable bonds is 7. The number of carbonyl (C=O) groups excluding carboxylic acids is 2. The highest BCUT2D eigenvalue weighted by Crippen LogP contribution is 2.43. The van der Waals surface area contributed by atoms with Crippen LogP contribution in [0.25, 0.3) is 12.2 Å². The highest BCUT2D eigenvalue weighted by atomic mass is 16.5. The second-order valence-electron chi connectivity index (χ2n) is 8.71. The fourth-order valence-electron chi connectivity index (χ4n) is 4.84. The molecule has 0 saturated carbocycles. The minimum atomic E-state index is -0.611. The lowest BCUT2D eigenvalue weighted by atomic mass is 9.80. The van der Waals surface area contributed by atoms with Gasteiger partial charge in [-0.3, -0.25) is 9.59 Å². The topological polar surface area (TPSA) is 52.6 Å². The summed E-state index contributed by atoms with van der Waals surface area (Å²) in [6, 6.07) is 28.1. The van der Waals surface area contributed by atoms with Gasteiger partial charge in [-0.25, -0.2) is 0 Å². The molecule has 0 amide bonds. The van der Waals surface area contributed by atoms with E-state index in [0.717, 1.165) is 27.8 Å². The van der Waals surface area contributed by atoms with Crippen molar-refractivity contribution in [3.05, 3.63) is 130 Å². The molecule has 178 valence electrons. The summed E-state index contributed by atoms with van der Waals surface area (Å²) in [6.07, 6.45) is 4.19. The molecule has 1 aliphatic rings. The third kappa shape index (κ3) is 4.34. The van der Waals surface area contributed by atoms with Gasteiger partial charge in [-0.05, 0) is 40.5 Å². The van der Waals surface area contributed by atoms with Crippen molar-refractivity contribution in [1.82, 2.24) is 0 Å². The molecule has 5 rings (SSSR count). The zero-order valence-corrected chi connectivity index (χ0v) is 20.2.